The molecule has 0 aliphatic carbocycles. The second-order valence-electron chi connectivity index (χ2n) is 4.35. The van der Waals surface area contributed by atoms with E-state index in [1.807, 2.05) is 13.0 Å². The first-order valence-electron chi connectivity index (χ1n) is 5.59. The summed E-state index contributed by atoms with van der Waals surface area (Å²) in [6.45, 7) is 10.4. The number of furan rings is 1. The van der Waals surface area contributed by atoms with Gasteiger partial charge in [0.15, 0.2) is 0 Å². The Balaban J connectivity index is 2.22. The van der Waals surface area contributed by atoms with Crippen molar-refractivity contribution in [2.45, 2.75) is 46.3 Å². The largest absolute Gasteiger partial charge is 0.469 e. The molecule has 1 heterocycles. The summed E-state index contributed by atoms with van der Waals surface area (Å²) in [7, 11) is 0. The van der Waals surface area contributed by atoms with Gasteiger partial charge in [0.05, 0.1) is 6.26 Å². The van der Waals surface area contributed by atoms with E-state index in [0.29, 0.717) is 12.1 Å². The van der Waals surface area contributed by atoms with E-state index in [0.717, 1.165) is 18.8 Å². The van der Waals surface area contributed by atoms with Crippen LogP contribution in [0.2, 0.25) is 0 Å². The van der Waals surface area contributed by atoms with E-state index in [-0.39, 0.29) is 0 Å². The lowest BCUT2D eigenvalue weighted by molar-refractivity contribution is 0.469. The molecule has 0 aliphatic rings. The van der Waals surface area contributed by atoms with Crippen LogP contribution in [-0.2, 0) is 6.54 Å². The Morgan fingerprint density at radius 1 is 1.27 bits per heavy atom. The Morgan fingerprint density at radius 2 is 2.00 bits per heavy atom. The van der Waals surface area contributed by atoms with Gasteiger partial charge < -0.3 is 15.1 Å². The predicted octanol–water partition coefficient (Wildman–Crippen LogP) is 2.06. The van der Waals surface area contributed by atoms with Crippen molar-refractivity contribution in [1.29, 1.82) is 0 Å². The summed E-state index contributed by atoms with van der Waals surface area (Å²) in [5, 5.41) is 6.86. The third-order valence-corrected chi connectivity index (χ3v) is 2.44. The van der Waals surface area contributed by atoms with Crippen molar-refractivity contribution in [2.24, 2.45) is 0 Å². The summed E-state index contributed by atoms with van der Waals surface area (Å²) >= 11 is 0. The van der Waals surface area contributed by atoms with Crippen molar-refractivity contribution >= 4 is 0 Å². The van der Waals surface area contributed by atoms with Crippen LogP contribution in [0.4, 0.5) is 0 Å². The molecule has 2 N–H and O–H groups in total. The second-order valence-corrected chi connectivity index (χ2v) is 4.35. The molecule has 1 aromatic rings. The van der Waals surface area contributed by atoms with Crippen molar-refractivity contribution in [2.75, 3.05) is 6.54 Å². The molecule has 1 aromatic heterocycles. The molecule has 0 amide bonds. The third-order valence-electron chi connectivity index (χ3n) is 2.44. The average molecular weight is 210 g/mol. The smallest absolute Gasteiger partial charge is 0.105 e. The van der Waals surface area contributed by atoms with Gasteiger partial charge in [-0.1, -0.05) is 13.8 Å². The number of hydrogen-bond donors (Lipinski definition) is 2. The van der Waals surface area contributed by atoms with Crippen LogP contribution in [0.15, 0.2) is 16.7 Å². The normalized spacial score (nSPS) is 13.4. The Hall–Kier alpha value is -0.800. The van der Waals surface area contributed by atoms with Gasteiger partial charge in [-0.2, -0.15) is 0 Å². The number of rotatable bonds is 6. The summed E-state index contributed by atoms with van der Waals surface area (Å²) in [6.07, 6.45) is 1.74. The zero-order valence-electron chi connectivity index (χ0n) is 10.1. The average Bonchev–Trinajstić information content (AvgIpc) is 2.58. The number of nitrogens with one attached hydrogen (secondary N) is 2. The monoisotopic (exact) mass is 210 g/mol. The lowest BCUT2D eigenvalue weighted by atomic mass is 10.2. The molecular weight excluding hydrogens is 188 g/mol. The van der Waals surface area contributed by atoms with Crippen LogP contribution in [0.1, 0.15) is 32.1 Å². The maximum atomic E-state index is 5.24. The zero-order chi connectivity index (χ0) is 11.3. The molecule has 3 nitrogen and oxygen atoms in total. The Bertz CT molecular complexity index is 281. The number of aryl methyl sites for hydroxylation is 1. The third kappa shape index (κ3) is 4.49. The molecule has 0 radical (unpaired) electrons. The first kappa shape index (κ1) is 12.3. The van der Waals surface area contributed by atoms with Crippen molar-refractivity contribution in [3.05, 3.63) is 23.7 Å². The van der Waals surface area contributed by atoms with Gasteiger partial charge in [-0.15, -0.1) is 0 Å². The van der Waals surface area contributed by atoms with Gasteiger partial charge in [0.25, 0.3) is 0 Å². The quantitative estimate of drug-likeness (QED) is 0.754. The minimum Gasteiger partial charge on any atom is -0.469 e. The minimum atomic E-state index is 0.474. The molecule has 0 spiro atoms. The summed E-state index contributed by atoms with van der Waals surface area (Å²) in [5.41, 5.74) is 1.24. The fraction of sp³-hybridized carbons (Fsp3) is 0.667. The Kier molecular flexibility index (Phi) is 4.85. The van der Waals surface area contributed by atoms with Crippen LogP contribution in [0, 0.1) is 6.92 Å². The molecule has 3 heteroatoms. The van der Waals surface area contributed by atoms with Gasteiger partial charge in [-0.3, -0.25) is 0 Å². The zero-order valence-corrected chi connectivity index (χ0v) is 10.1. The number of hydrogen-bond acceptors (Lipinski definition) is 3. The van der Waals surface area contributed by atoms with Crippen LogP contribution < -0.4 is 10.6 Å². The van der Waals surface area contributed by atoms with Crippen LogP contribution in [0.3, 0.4) is 0 Å². The Labute approximate surface area is 92.2 Å². The van der Waals surface area contributed by atoms with E-state index in [9.17, 15) is 0 Å². The molecule has 1 rings (SSSR count). The van der Waals surface area contributed by atoms with Crippen molar-refractivity contribution in [3.63, 3.8) is 0 Å². The van der Waals surface area contributed by atoms with Crippen LogP contribution >= 0.6 is 0 Å². The molecule has 0 saturated carbocycles. The highest BCUT2D eigenvalue weighted by atomic mass is 16.3. The first-order valence-corrected chi connectivity index (χ1v) is 5.59. The predicted molar refractivity (Wildman–Crippen MR) is 62.9 cm³/mol. The van der Waals surface area contributed by atoms with Crippen molar-refractivity contribution < 1.29 is 4.42 Å². The summed E-state index contributed by atoms with van der Waals surface area (Å²) in [4.78, 5) is 0. The van der Waals surface area contributed by atoms with E-state index >= 15 is 0 Å². The summed E-state index contributed by atoms with van der Waals surface area (Å²) in [6, 6.07) is 3.04. The maximum Gasteiger partial charge on any atom is 0.105 e. The van der Waals surface area contributed by atoms with E-state index < -0.39 is 0 Å². The van der Waals surface area contributed by atoms with Gasteiger partial charge in [0, 0.05) is 30.7 Å². The molecule has 1 unspecified atom stereocenters. The van der Waals surface area contributed by atoms with Crippen LogP contribution in [0.25, 0.3) is 0 Å². The molecule has 86 valence electrons. The molecule has 0 fully saturated rings. The molecule has 0 saturated heterocycles. The lowest BCUT2D eigenvalue weighted by Gasteiger charge is -2.16. The highest BCUT2D eigenvalue weighted by molar-refractivity contribution is 5.14. The SMILES string of the molecule is Cc1occc1CNC(C)CNC(C)C. The summed E-state index contributed by atoms with van der Waals surface area (Å²) in [5.74, 6) is 1.01. The first-order chi connectivity index (χ1) is 7.09. The molecular formula is C12H22N2O. The molecule has 15 heavy (non-hydrogen) atoms. The molecule has 0 aliphatic heterocycles. The highest BCUT2D eigenvalue weighted by Gasteiger charge is 2.04. The minimum absolute atomic E-state index is 0.474. The van der Waals surface area contributed by atoms with Gasteiger partial charge >= 0.3 is 0 Å². The molecule has 0 aromatic carbocycles. The van der Waals surface area contributed by atoms with Gasteiger partial charge in [-0.25, -0.2) is 0 Å². The fourth-order valence-corrected chi connectivity index (χ4v) is 1.36. The van der Waals surface area contributed by atoms with Crippen LogP contribution in [0.5, 0.6) is 0 Å². The van der Waals surface area contributed by atoms with E-state index in [1.165, 1.54) is 5.56 Å². The van der Waals surface area contributed by atoms with E-state index in [4.69, 9.17) is 4.42 Å². The molecule has 0 bridgehead atoms. The van der Waals surface area contributed by atoms with E-state index in [2.05, 4.69) is 31.4 Å². The van der Waals surface area contributed by atoms with E-state index in [1.54, 1.807) is 6.26 Å². The lowest BCUT2D eigenvalue weighted by Crippen LogP contribution is -2.38. The van der Waals surface area contributed by atoms with Gasteiger partial charge in [0.2, 0.25) is 0 Å². The van der Waals surface area contributed by atoms with Crippen LogP contribution in [-0.4, -0.2) is 18.6 Å². The Morgan fingerprint density at radius 3 is 2.53 bits per heavy atom. The topological polar surface area (TPSA) is 37.2 Å². The molecule has 1 atom stereocenters. The second kappa shape index (κ2) is 5.93. The standard InChI is InChI=1S/C12H22N2O/c1-9(2)13-7-10(3)14-8-12-5-6-15-11(12)4/h5-6,9-10,13-14H,7-8H2,1-4H3. The van der Waals surface area contributed by atoms with Crippen molar-refractivity contribution in [3.8, 4) is 0 Å². The maximum absolute atomic E-state index is 5.24. The van der Waals surface area contributed by atoms with Crippen molar-refractivity contribution in [1.82, 2.24) is 10.6 Å². The van der Waals surface area contributed by atoms with Gasteiger partial charge in [0.1, 0.15) is 5.76 Å². The fourth-order valence-electron chi connectivity index (χ4n) is 1.36. The summed E-state index contributed by atoms with van der Waals surface area (Å²) < 4.78 is 5.24. The highest BCUT2D eigenvalue weighted by Crippen LogP contribution is 2.07. The van der Waals surface area contributed by atoms with Gasteiger partial charge in [-0.05, 0) is 19.9 Å².